The minimum atomic E-state index is -0.482. The Bertz CT molecular complexity index is 363. The summed E-state index contributed by atoms with van der Waals surface area (Å²) in [4.78, 5) is 10.0. The number of rotatable bonds is 2. The Labute approximate surface area is 79.8 Å². The quantitative estimate of drug-likeness (QED) is 0.451. The Morgan fingerprint density at radius 3 is 2.77 bits per heavy atom. The molecular weight excluding hydrogens is 193 g/mol. The van der Waals surface area contributed by atoms with Gasteiger partial charge in [0.15, 0.2) is 0 Å². The number of carbonyl (C=O) groups is 1. The third-order valence-corrected chi connectivity index (χ3v) is 1.79. The van der Waals surface area contributed by atoms with Crippen LogP contribution in [-0.4, -0.2) is 6.29 Å². The minimum absolute atomic E-state index is 0.144. The molecule has 0 spiro atoms. The van der Waals surface area contributed by atoms with E-state index >= 15 is 0 Å². The Kier molecular flexibility index (Phi) is 3.03. The highest BCUT2D eigenvalue weighted by molar-refractivity contribution is 6.33. The van der Waals surface area contributed by atoms with Crippen molar-refractivity contribution >= 4 is 29.7 Å². The fourth-order valence-electron chi connectivity index (χ4n) is 0.886. The van der Waals surface area contributed by atoms with Crippen LogP contribution in [0.4, 0.5) is 10.1 Å². The first kappa shape index (κ1) is 9.74. The maximum absolute atomic E-state index is 12.8. The highest BCUT2D eigenvalue weighted by atomic mass is 35.5. The van der Waals surface area contributed by atoms with Crippen molar-refractivity contribution in [1.82, 2.24) is 0 Å². The lowest BCUT2D eigenvalue weighted by Gasteiger charge is -2.02. The van der Waals surface area contributed by atoms with Gasteiger partial charge in [0.05, 0.1) is 10.7 Å². The topological polar surface area (TPSA) is 43.1 Å². The van der Waals surface area contributed by atoms with Crippen LogP contribution < -0.4 is 5.73 Å². The molecule has 1 rings (SSSR count). The van der Waals surface area contributed by atoms with Crippen LogP contribution in [0, 0.1) is 5.82 Å². The highest BCUT2D eigenvalue weighted by Gasteiger charge is 2.03. The standard InChI is InChI=1S/C9H7ClFNO/c10-8-5-7(11)4-6(9(8)12)2-1-3-13/h1-5H,12H2. The Hall–Kier alpha value is -1.35. The zero-order valence-electron chi connectivity index (χ0n) is 6.63. The van der Waals surface area contributed by atoms with Gasteiger partial charge in [-0.15, -0.1) is 0 Å². The van der Waals surface area contributed by atoms with Crippen molar-refractivity contribution in [2.75, 3.05) is 5.73 Å². The zero-order valence-corrected chi connectivity index (χ0v) is 7.38. The molecule has 0 amide bonds. The predicted molar refractivity (Wildman–Crippen MR) is 50.9 cm³/mol. The molecule has 0 saturated carbocycles. The number of nitrogens with two attached hydrogens (primary N) is 1. The van der Waals surface area contributed by atoms with E-state index in [4.69, 9.17) is 17.3 Å². The smallest absolute Gasteiger partial charge is 0.142 e. The van der Waals surface area contributed by atoms with Gasteiger partial charge < -0.3 is 5.73 Å². The molecular formula is C9H7ClFNO. The Balaban J connectivity index is 3.19. The summed E-state index contributed by atoms with van der Waals surface area (Å²) < 4.78 is 12.8. The second-order valence-electron chi connectivity index (χ2n) is 2.39. The number of anilines is 1. The van der Waals surface area contributed by atoms with E-state index in [-0.39, 0.29) is 10.7 Å². The molecule has 0 saturated heterocycles. The summed E-state index contributed by atoms with van der Waals surface area (Å²) in [5.74, 6) is -0.482. The lowest BCUT2D eigenvalue weighted by molar-refractivity contribution is -0.104. The van der Waals surface area contributed by atoms with Gasteiger partial charge >= 0.3 is 0 Å². The number of halogens is 2. The van der Waals surface area contributed by atoms with Gasteiger partial charge in [-0.2, -0.15) is 0 Å². The molecule has 0 aromatic heterocycles. The molecule has 1 aromatic rings. The van der Waals surface area contributed by atoms with E-state index in [2.05, 4.69) is 0 Å². The van der Waals surface area contributed by atoms with Gasteiger partial charge in [-0.05, 0) is 24.3 Å². The van der Waals surface area contributed by atoms with E-state index in [1.807, 2.05) is 0 Å². The fourth-order valence-corrected chi connectivity index (χ4v) is 1.10. The molecule has 2 nitrogen and oxygen atoms in total. The van der Waals surface area contributed by atoms with Crippen LogP contribution in [0.2, 0.25) is 5.02 Å². The van der Waals surface area contributed by atoms with Crippen molar-refractivity contribution in [2.45, 2.75) is 0 Å². The summed E-state index contributed by atoms with van der Waals surface area (Å²) in [7, 11) is 0. The number of allylic oxidation sites excluding steroid dienone is 1. The van der Waals surface area contributed by atoms with E-state index in [1.165, 1.54) is 18.2 Å². The van der Waals surface area contributed by atoms with Gasteiger partial charge in [0.1, 0.15) is 12.1 Å². The average molecular weight is 200 g/mol. The first-order valence-electron chi connectivity index (χ1n) is 3.51. The molecule has 4 heteroatoms. The minimum Gasteiger partial charge on any atom is -0.397 e. The van der Waals surface area contributed by atoms with Crippen LogP contribution in [-0.2, 0) is 4.79 Å². The summed E-state index contributed by atoms with van der Waals surface area (Å²) in [5.41, 5.74) is 6.19. The first-order valence-corrected chi connectivity index (χ1v) is 3.89. The van der Waals surface area contributed by atoms with E-state index in [1.54, 1.807) is 0 Å². The number of benzene rings is 1. The van der Waals surface area contributed by atoms with E-state index in [0.717, 1.165) is 6.07 Å². The van der Waals surface area contributed by atoms with Crippen molar-refractivity contribution in [3.8, 4) is 0 Å². The van der Waals surface area contributed by atoms with Gasteiger partial charge in [0.2, 0.25) is 0 Å². The van der Waals surface area contributed by atoms with Crippen molar-refractivity contribution in [3.63, 3.8) is 0 Å². The lowest BCUT2D eigenvalue weighted by atomic mass is 10.1. The van der Waals surface area contributed by atoms with Gasteiger partial charge in [0, 0.05) is 5.56 Å². The van der Waals surface area contributed by atoms with Crippen molar-refractivity contribution in [1.29, 1.82) is 0 Å². The Morgan fingerprint density at radius 2 is 2.15 bits per heavy atom. The summed E-state index contributed by atoms with van der Waals surface area (Å²) in [6, 6.07) is 2.33. The highest BCUT2D eigenvalue weighted by Crippen LogP contribution is 2.25. The maximum Gasteiger partial charge on any atom is 0.142 e. The molecule has 0 atom stereocenters. The molecule has 2 N–H and O–H groups in total. The molecule has 0 unspecified atom stereocenters. The van der Waals surface area contributed by atoms with Gasteiger partial charge in [0.25, 0.3) is 0 Å². The number of aldehydes is 1. The summed E-state index contributed by atoms with van der Waals surface area (Å²) >= 11 is 5.61. The van der Waals surface area contributed by atoms with E-state index in [0.29, 0.717) is 11.8 Å². The first-order chi connectivity index (χ1) is 6.15. The van der Waals surface area contributed by atoms with E-state index < -0.39 is 5.82 Å². The second-order valence-corrected chi connectivity index (χ2v) is 2.79. The molecule has 68 valence electrons. The van der Waals surface area contributed by atoms with Crippen LogP contribution in [0.1, 0.15) is 5.56 Å². The fraction of sp³-hybridized carbons (Fsp3) is 0. The van der Waals surface area contributed by atoms with Crippen LogP contribution >= 0.6 is 11.6 Å². The average Bonchev–Trinajstić information content (AvgIpc) is 2.09. The third kappa shape index (κ3) is 2.29. The molecule has 13 heavy (non-hydrogen) atoms. The number of nitrogen functional groups attached to an aromatic ring is 1. The van der Waals surface area contributed by atoms with Crippen LogP contribution in [0.5, 0.6) is 0 Å². The lowest BCUT2D eigenvalue weighted by Crippen LogP contribution is -1.92. The van der Waals surface area contributed by atoms with E-state index in [9.17, 15) is 9.18 Å². The summed E-state index contributed by atoms with van der Waals surface area (Å²) in [6.07, 6.45) is 3.21. The molecule has 0 aliphatic rings. The predicted octanol–water partition coefficient (Wildman–Crippen LogP) is 2.27. The van der Waals surface area contributed by atoms with Crippen LogP contribution in [0.25, 0.3) is 6.08 Å². The zero-order chi connectivity index (χ0) is 9.84. The van der Waals surface area contributed by atoms with Crippen LogP contribution in [0.3, 0.4) is 0 Å². The largest absolute Gasteiger partial charge is 0.397 e. The Morgan fingerprint density at radius 1 is 1.46 bits per heavy atom. The molecule has 0 aliphatic heterocycles. The molecule has 0 radical (unpaired) electrons. The van der Waals surface area contributed by atoms with Crippen LogP contribution in [0.15, 0.2) is 18.2 Å². The SMILES string of the molecule is Nc1c(Cl)cc(F)cc1C=CC=O. The van der Waals surface area contributed by atoms with Crippen molar-refractivity contribution in [2.24, 2.45) is 0 Å². The number of carbonyl (C=O) groups excluding carboxylic acids is 1. The summed E-state index contributed by atoms with van der Waals surface area (Å²) in [5, 5.41) is 0.144. The van der Waals surface area contributed by atoms with Gasteiger partial charge in [-0.3, -0.25) is 4.79 Å². The maximum atomic E-state index is 12.8. The molecule has 0 bridgehead atoms. The third-order valence-electron chi connectivity index (χ3n) is 1.48. The molecule has 0 heterocycles. The summed E-state index contributed by atoms with van der Waals surface area (Å²) in [6.45, 7) is 0. The second kappa shape index (κ2) is 4.05. The number of hydrogen-bond donors (Lipinski definition) is 1. The van der Waals surface area contributed by atoms with Crippen molar-refractivity contribution in [3.05, 3.63) is 34.6 Å². The van der Waals surface area contributed by atoms with Gasteiger partial charge in [-0.25, -0.2) is 4.39 Å². The number of hydrogen-bond acceptors (Lipinski definition) is 2. The normalized spacial score (nSPS) is 10.6. The van der Waals surface area contributed by atoms with Crippen molar-refractivity contribution < 1.29 is 9.18 Å². The molecule has 1 aromatic carbocycles. The molecule has 0 fully saturated rings. The molecule has 0 aliphatic carbocycles. The van der Waals surface area contributed by atoms with Gasteiger partial charge in [-0.1, -0.05) is 11.6 Å². The monoisotopic (exact) mass is 199 g/mol.